The molecule has 1 amide bonds. The van der Waals surface area contributed by atoms with Crippen LogP contribution in [-0.4, -0.2) is 28.7 Å². The van der Waals surface area contributed by atoms with Crippen LogP contribution < -0.4 is 15.6 Å². The Morgan fingerprint density at radius 3 is 2.85 bits per heavy atom. The number of benzene rings is 1. The van der Waals surface area contributed by atoms with E-state index in [-0.39, 0.29) is 12.5 Å². The number of nitrogens with zero attached hydrogens (tertiary/aromatic N) is 2. The lowest BCUT2D eigenvalue weighted by Gasteiger charge is -2.13. The lowest BCUT2D eigenvalue weighted by atomic mass is 9.97. The van der Waals surface area contributed by atoms with Gasteiger partial charge in [0.25, 0.3) is 5.91 Å². The third-order valence-electron chi connectivity index (χ3n) is 4.41. The van der Waals surface area contributed by atoms with E-state index in [1.54, 1.807) is 11.3 Å². The van der Waals surface area contributed by atoms with Gasteiger partial charge in [0.2, 0.25) is 0 Å². The van der Waals surface area contributed by atoms with Crippen LogP contribution in [0.3, 0.4) is 0 Å². The Hall–Kier alpha value is -2.32. The summed E-state index contributed by atoms with van der Waals surface area (Å²) in [5.41, 5.74) is 7.02. The third-order valence-corrected chi connectivity index (χ3v) is 6.14. The number of para-hydroxylation sites is 1. The Bertz CT molecular complexity index is 959. The second kappa shape index (κ2) is 8.14. The first-order chi connectivity index (χ1) is 13.2. The largest absolute Gasteiger partial charge is 0.484 e. The quantitative estimate of drug-likeness (QED) is 0.372. The fourth-order valence-corrected chi connectivity index (χ4v) is 4.83. The van der Waals surface area contributed by atoms with Gasteiger partial charge in [-0.2, -0.15) is 0 Å². The van der Waals surface area contributed by atoms with Gasteiger partial charge in [0, 0.05) is 4.88 Å². The molecule has 0 saturated carbocycles. The van der Waals surface area contributed by atoms with Gasteiger partial charge in [-0.1, -0.05) is 30.0 Å². The van der Waals surface area contributed by atoms with Crippen molar-refractivity contribution in [2.24, 2.45) is 0 Å². The maximum atomic E-state index is 12.2. The number of ether oxygens (including phenoxy) is 1. The third kappa shape index (κ3) is 4.01. The molecule has 2 aromatic heterocycles. The molecule has 8 heteroatoms. The first-order valence-electron chi connectivity index (χ1n) is 8.83. The second-order valence-electron chi connectivity index (χ2n) is 6.22. The molecule has 4 rings (SSSR count). The van der Waals surface area contributed by atoms with Crippen LogP contribution in [0.5, 0.6) is 5.75 Å². The predicted molar refractivity (Wildman–Crippen MR) is 110 cm³/mol. The molecule has 0 spiro atoms. The van der Waals surface area contributed by atoms with Crippen LogP contribution in [-0.2, 0) is 17.6 Å². The Morgan fingerprint density at radius 1 is 1.22 bits per heavy atom. The zero-order valence-electron chi connectivity index (χ0n) is 14.9. The lowest BCUT2D eigenvalue weighted by Crippen LogP contribution is -2.34. The lowest BCUT2D eigenvalue weighted by molar-refractivity contribution is -0.122. The van der Waals surface area contributed by atoms with Crippen molar-refractivity contribution in [3.05, 3.63) is 40.8 Å². The number of hydrogen-bond donors (Lipinski definition) is 2. The van der Waals surface area contributed by atoms with Gasteiger partial charge >= 0.3 is 0 Å². The number of thioether (sulfide) groups is 1. The number of fused-ring (bicyclic) bond motifs is 3. The molecule has 2 N–H and O–H groups in total. The molecule has 0 atom stereocenters. The summed E-state index contributed by atoms with van der Waals surface area (Å²) in [6.45, 7) is -0.0671. The molecular formula is C19H20N4O2S2. The molecule has 0 unspecified atom stereocenters. The van der Waals surface area contributed by atoms with Gasteiger partial charge in [-0.05, 0) is 49.6 Å². The highest BCUT2D eigenvalue weighted by atomic mass is 32.2. The zero-order chi connectivity index (χ0) is 18.6. The highest BCUT2D eigenvalue weighted by Gasteiger charge is 2.21. The van der Waals surface area contributed by atoms with Crippen molar-refractivity contribution in [1.29, 1.82) is 0 Å². The number of thiophene rings is 1. The highest BCUT2D eigenvalue weighted by Crippen LogP contribution is 2.39. The summed E-state index contributed by atoms with van der Waals surface area (Å²) in [6, 6.07) is 9.27. The SMILES string of the molecule is CSc1nc(NNC(=O)COc2ccccc2)c2c3c(sc2n1)CCCC3. The number of anilines is 1. The number of nitrogens with one attached hydrogen (secondary N) is 2. The number of amides is 1. The number of rotatable bonds is 6. The summed E-state index contributed by atoms with van der Waals surface area (Å²) in [5, 5.41) is 1.73. The van der Waals surface area contributed by atoms with E-state index in [0.717, 1.165) is 23.1 Å². The Labute approximate surface area is 165 Å². The van der Waals surface area contributed by atoms with E-state index in [9.17, 15) is 4.79 Å². The Kier molecular flexibility index (Phi) is 5.45. The number of carbonyl (C=O) groups is 1. The summed E-state index contributed by atoms with van der Waals surface area (Å²) in [7, 11) is 0. The molecule has 0 fully saturated rings. The first-order valence-corrected chi connectivity index (χ1v) is 10.9. The van der Waals surface area contributed by atoms with Gasteiger partial charge in [-0.15, -0.1) is 11.3 Å². The first kappa shape index (κ1) is 18.1. The van der Waals surface area contributed by atoms with Crippen LogP contribution in [0.1, 0.15) is 23.3 Å². The van der Waals surface area contributed by atoms with Crippen molar-refractivity contribution in [3.63, 3.8) is 0 Å². The van der Waals surface area contributed by atoms with E-state index in [1.165, 1.54) is 35.0 Å². The number of carbonyl (C=O) groups excluding carboxylic acids is 1. The molecule has 3 aromatic rings. The summed E-state index contributed by atoms with van der Waals surface area (Å²) >= 11 is 3.24. The predicted octanol–water partition coefficient (Wildman–Crippen LogP) is 3.81. The molecular weight excluding hydrogens is 380 g/mol. The van der Waals surface area contributed by atoms with Crippen LogP contribution in [0, 0.1) is 0 Å². The topological polar surface area (TPSA) is 76.1 Å². The number of aryl methyl sites for hydroxylation is 2. The van der Waals surface area contributed by atoms with E-state index >= 15 is 0 Å². The molecule has 0 bridgehead atoms. The average molecular weight is 401 g/mol. The molecule has 140 valence electrons. The van der Waals surface area contributed by atoms with Crippen LogP contribution in [0.4, 0.5) is 5.82 Å². The van der Waals surface area contributed by atoms with E-state index < -0.39 is 0 Å². The average Bonchev–Trinajstić information content (AvgIpc) is 3.09. The van der Waals surface area contributed by atoms with E-state index in [1.807, 2.05) is 36.6 Å². The van der Waals surface area contributed by atoms with Gasteiger partial charge in [0.1, 0.15) is 10.6 Å². The van der Waals surface area contributed by atoms with Crippen molar-refractivity contribution < 1.29 is 9.53 Å². The van der Waals surface area contributed by atoms with Gasteiger partial charge in [0.05, 0.1) is 5.39 Å². The Morgan fingerprint density at radius 2 is 2.04 bits per heavy atom. The fourth-order valence-electron chi connectivity index (χ4n) is 3.15. The molecule has 0 aliphatic heterocycles. The van der Waals surface area contributed by atoms with Crippen molar-refractivity contribution in [3.8, 4) is 5.75 Å². The second-order valence-corrected chi connectivity index (χ2v) is 8.08. The molecule has 6 nitrogen and oxygen atoms in total. The number of aromatic nitrogens is 2. The normalized spacial score (nSPS) is 13.2. The van der Waals surface area contributed by atoms with Crippen molar-refractivity contribution in [1.82, 2.24) is 15.4 Å². The summed E-state index contributed by atoms with van der Waals surface area (Å²) in [4.78, 5) is 23.8. The van der Waals surface area contributed by atoms with Crippen molar-refractivity contribution >= 4 is 45.0 Å². The van der Waals surface area contributed by atoms with E-state index in [4.69, 9.17) is 4.74 Å². The molecule has 0 saturated heterocycles. The van der Waals surface area contributed by atoms with Gasteiger partial charge in [0.15, 0.2) is 17.6 Å². The Balaban J connectivity index is 1.50. The maximum Gasteiger partial charge on any atom is 0.276 e. The minimum atomic E-state index is -0.264. The maximum absolute atomic E-state index is 12.2. The van der Waals surface area contributed by atoms with E-state index in [0.29, 0.717) is 16.7 Å². The molecule has 2 heterocycles. The van der Waals surface area contributed by atoms with Crippen LogP contribution in [0.15, 0.2) is 35.5 Å². The molecule has 1 aliphatic rings. The number of hydrogen-bond acceptors (Lipinski definition) is 7. The number of hydrazine groups is 1. The van der Waals surface area contributed by atoms with Gasteiger partial charge < -0.3 is 4.74 Å². The van der Waals surface area contributed by atoms with Gasteiger partial charge in [-0.3, -0.25) is 15.6 Å². The summed E-state index contributed by atoms with van der Waals surface area (Å²) in [5.74, 6) is 1.06. The monoisotopic (exact) mass is 400 g/mol. The van der Waals surface area contributed by atoms with Crippen molar-refractivity contribution in [2.45, 2.75) is 30.8 Å². The minimum Gasteiger partial charge on any atom is -0.484 e. The van der Waals surface area contributed by atoms with Crippen LogP contribution in [0.25, 0.3) is 10.2 Å². The zero-order valence-corrected chi connectivity index (χ0v) is 16.6. The van der Waals surface area contributed by atoms with Crippen molar-refractivity contribution in [2.75, 3.05) is 18.3 Å². The van der Waals surface area contributed by atoms with Crippen LogP contribution in [0.2, 0.25) is 0 Å². The summed E-state index contributed by atoms with van der Waals surface area (Å²) < 4.78 is 5.48. The van der Waals surface area contributed by atoms with E-state index in [2.05, 4.69) is 20.8 Å². The smallest absolute Gasteiger partial charge is 0.276 e. The highest BCUT2D eigenvalue weighted by molar-refractivity contribution is 7.98. The minimum absolute atomic E-state index is 0.0671. The molecule has 27 heavy (non-hydrogen) atoms. The summed E-state index contributed by atoms with van der Waals surface area (Å²) in [6.07, 6.45) is 6.49. The molecule has 1 aliphatic carbocycles. The molecule has 1 aromatic carbocycles. The van der Waals surface area contributed by atoms with Gasteiger partial charge in [-0.25, -0.2) is 9.97 Å². The van der Waals surface area contributed by atoms with Crippen LogP contribution >= 0.6 is 23.1 Å². The fraction of sp³-hybridized carbons (Fsp3) is 0.316. The molecule has 0 radical (unpaired) electrons. The standard InChI is InChI=1S/C19H20N4O2S2/c1-26-19-20-17(16-13-9-5-6-10-14(13)27-18(16)21-19)23-22-15(24)11-25-12-7-3-2-4-8-12/h2-4,7-8H,5-6,9-11H2,1H3,(H,22,24)(H,20,21,23).